The smallest absolute Gasteiger partial charge is 0.123 e. The zero-order valence-electron chi connectivity index (χ0n) is 12.7. The lowest BCUT2D eigenvalue weighted by Crippen LogP contribution is -2.33. The third kappa shape index (κ3) is 6.17. The Balaban J connectivity index is 2.28. The van der Waals surface area contributed by atoms with Gasteiger partial charge in [0.05, 0.1) is 0 Å². The van der Waals surface area contributed by atoms with Gasteiger partial charge in [-0.05, 0) is 64.6 Å². The molecule has 0 atom stereocenters. The number of benzene rings is 1. The van der Waals surface area contributed by atoms with Crippen LogP contribution in [0.1, 0.15) is 32.8 Å². The van der Waals surface area contributed by atoms with Crippen LogP contribution in [-0.4, -0.2) is 42.5 Å². The molecule has 0 fully saturated rings. The Morgan fingerprint density at radius 3 is 2.26 bits per heavy atom. The molecule has 1 aromatic carbocycles. The van der Waals surface area contributed by atoms with Crippen LogP contribution in [0.3, 0.4) is 0 Å². The summed E-state index contributed by atoms with van der Waals surface area (Å²) in [6.45, 7) is 10.9. The molecular weight excluding hydrogens is 239 g/mol. The zero-order valence-corrected chi connectivity index (χ0v) is 12.7. The van der Waals surface area contributed by atoms with Gasteiger partial charge >= 0.3 is 0 Å². The molecule has 0 aliphatic heterocycles. The van der Waals surface area contributed by atoms with Crippen LogP contribution in [-0.2, 0) is 6.54 Å². The molecule has 0 bridgehead atoms. The molecule has 0 aliphatic carbocycles. The minimum absolute atomic E-state index is 0.165. The van der Waals surface area contributed by atoms with Gasteiger partial charge in [-0.3, -0.25) is 0 Å². The third-order valence-corrected chi connectivity index (χ3v) is 3.49. The van der Waals surface area contributed by atoms with Crippen LogP contribution < -0.4 is 0 Å². The van der Waals surface area contributed by atoms with E-state index in [1.54, 1.807) is 0 Å². The largest absolute Gasteiger partial charge is 0.302 e. The average molecular weight is 266 g/mol. The van der Waals surface area contributed by atoms with Crippen LogP contribution in [0.15, 0.2) is 24.3 Å². The second-order valence-corrected chi connectivity index (χ2v) is 5.44. The molecule has 0 heterocycles. The van der Waals surface area contributed by atoms with E-state index in [1.807, 2.05) is 12.1 Å². The Labute approximate surface area is 117 Å². The van der Waals surface area contributed by atoms with Crippen molar-refractivity contribution in [3.05, 3.63) is 35.6 Å². The van der Waals surface area contributed by atoms with E-state index >= 15 is 0 Å². The highest BCUT2D eigenvalue weighted by atomic mass is 19.1. The first-order chi connectivity index (χ1) is 9.02. The topological polar surface area (TPSA) is 6.48 Å². The predicted octanol–water partition coefficient (Wildman–Crippen LogP) is 3.38. The SMILES string of the molecule is CCN(CCCN(C)Cc1ccc(F)cc1)C(C)C. The van der Waals surface area contributed by atoms with E-state index in [0.717, 1.165) is 26.2 Å². The lowest BCUT2D eigenvalue weighted by atomic mass is 10.2. The molecule has 0 unspecified atom stereocenters. The maximum Gasteiger partial charge on any atom is 0.123 e. The first-order valence-electron chi connectivity index (χ1n) is 7.20. The van der Waals surface area contributed by atoms with Gasteiger partial charge in [0.15, 0.2) is 0 Å². The van der Waals surface area contributed by atoms with Crippen LogP contribution in [0.4, 0.5) is 4.39 Å². The molecule has 0 amide bonds. The summed E-state index contributed by atoms with van der Waals surface area (Å²) in [5.74, 6) is -0.165. The van der Waals surface area contributed by atoms with Crippen molar-refractivity contribution in [1.29, 1.82) is 0 Å². The monoisotopic (exact) mass is 266 g/mol. The molecule has 0 saturated carbocycles. The van der Waals surface area contributed by atoms with Crippen molar-refractivity contribution in [2.75, 3.05) is 26.7 Å². The van der Waals surface area contributed by atoms with E-state index in [4.69, 9.17) is 0 Å². The Morgan fingerprint density at radius 1 is 1.11 bits per heavy atom. The summed E-state index contributed by atoms with van der Waals surface area (Å²) in [4.78, 5) is 4.77. The van der Waals surface area contributed by atoms with E-state index in [-0.39, 0.29) is 5.82 Å². The van der Waals surface area contributed by atoms with E-state index < -0.39 is 0 Å². The number of nitrogens with zero attached hydrogens (tertiary/aromatic N) is 2. The second-order valence-electron chi connectivity index (χ2n) is 5.44. The second kappa shape index (κ2) is 8.28. The van der Waals surface area contributed by atoms with Gasteiger partial charge in [-0.15, -0.1) is 0 Å². The van der Waals surface area contributed by atoms with E-state index in [9.17, 15) is 4.39 Å². The molecule has 1 aromatic rings. The number of hydrogen-bond donors (Lipinski definition) is 0. The van der Waals surface area contributed by atoms with Gasteiger partial charge in [-0.2, -0.15) is 0 Å². The lowest BCUT2D eigenvalue weighted by molar-refractivity contribution is 0.213. The number of halogens is 1. The molecule has 108 valence electrons. The van der Waals surface area contributed by atoms with Gasteiger partial charge in [0.2, 0.25) is 0 Å². The van der Waals surface area contributed by atoms with Crippen molar-refractivity contribution in [3.8, 4) is 0 Å². The van der Waals surface area contributed by atoms with Crippen molar-refractivity contribution < 1.29 is 4.39 Å². The van der Waals surface area contributed by atoms with Gasteiger partial charge in [-0.1, -0.05) is 19.1 Å². The van der Waals surface area contributed by atoms with E-state index in [2.05, 4.69) is 37.6 Å². The minimum atomic E-state index is -0.165. The Kier molecular flexibility index (Phi) is 7.03. The number of hydrogen-bond acceptors (Lipinski definition) is 2. The average Bonchev–Trinajstić information content (AvgIpc) is 2.37. The standard InChI is InChI=1S/C16H27FN2/c1-5-19(14(2)3)12-6-11-18(4)13-15-7-9-16(17)10-8-15/h7-10,14H,5-6,11-13H2,1-4H3. The van der Waals surface area contributed by atoms with Crippen molar-refractivity contribution in [1.82, 2.24) is 9.80 Å². The van der Waals surface area contributed by atoms with Crippen LogP contribution in [0, 0.1) is 5.82 Å². The molecule has 2 nitrogen and oxygen atoms in total. The first-order valence-corrected chi connectivity index (χ1v) is 7.20. The highest BCUT2D eigenvalue weighted by Crippen LogP contribution is 2.06. The predicted molar refractivity (Wildman–Crippen MR) is 79.7 cm³/mol. The Hall–Kier alpha value is -0.930. The zero-order chi connectivity index (χ0) is 14.3. The summed E-state index contributed by atoms with van der Waals surface area (Å²) in [6, 6.07) is 7.39. The first kappa shape index (κ1) is 16.1. The van der Waals surface area contributed by atoms with Crippen LogP contribution in [0.2, 0.25) is 0 Å². The lowest BCUT2D eigenvalue weighted by Gasteiger charge is -2.26. The van der Waals surface area contributed by atoms with Gasteiger partial charge in [-0.25, -0.2) is 4.39 Å². The maximum absolute atomic E-state index is 12.8. The quantitative estimate of drug-likeness (QED) is 0.712. The Morgan fingerprint density at radius 2 is 1.74 bits per heavy atom. The van der Waals surface area contributed by atoms with Crippen LogP contribution >= 0.6 is 0 Å². The van der Waals surface area contributed by atoms with Crippen LogP contribution in [0.5, 0.6) is 0 Å². The highest BCUT2D eigenvalue weighted by molar-refractivity contribution is 5.15. The van der Waals surface area contributed by atoms with Crippen molar-refractivity contribution in [2.24, 2.45) is 0 Å². The summed E-state index contributed by atoms with van der Waals surface area (Å²) >= 11 is 0. The van der Waals surface area contributed by atoms with Gasteiger partial charge in [0.1, 0.15) is 5.82 Å². The van der Waals surface area contributed by atoms with Crippen molar-refractivity contribution in [3.63, 3.8) is 0 Å². The molecule has 0 saturated heterocycles. The maximum atomic E-state index is 12.8. The summed E-state index contributed by atoms with van der Waals surface area (Å²) in [5, 5.41) is 0. The Bertz CT molecular complexity index is 348. The van der Waals surface area contributed by atoms with Gasteiger partial charge < -0.3 is 9.80 Å². The summed E-state index contributed by atoms with van der Waals surface area (Å²) in [6.07, 6.45) is 1.17. The molecule has 3 heteroatoms. The third-order valence-electron chi connectivity index (χ3n) is 3.49. The molecule has 0 radical (unpaired) electrons. The summed E-state index contributed by atoms with van der Waals surface area (Å²) in [7, 11) is 2.12. The molecule has 0 aromatic heterocycles. The highest BCUT2D eigenvalue weighted by Gasteiger charge is 2.07. The van der Waals surface area contributed by atoms with E-state index in [1.165, 1.54) is 24.1 Å². The normalized spacial score (nSPS) is 11.8. The van der Waals surface area contributed by atoms with Gasteiger partial charge in [0.25, 0.3) is 0 Å². The minimum Gasteiger partial charge on any atom is -0.302 e. The van der Waals surface area contributed by atoms with E-state index in [0.29, 0.717) is 6.04 Å². The molecule has 1 rings (SSSR count). The molecule has 0 N–H and O–H groups in total. The number of rotatable bonds is 8. The molecule has 19 heavy (non-hydrogen) atoms. The summed E-state index contributed by atoms with van der Waals surface area (Å²) in [5.41, 5.74) is 1.17. The fourth-order valence-corrected chi connectivity index (χ4v) is 2.31. The van der Waals surface area contributed by atoms with Gasteiger partial charge in [0, 0.05) is 12.6 Å². The fraction of sp³-hybridized carbons (Fsp3) is 0.625. The fourth-order valence-electron chi connectivity index (χ4n) is 2.31. The van der Waals surface area contributed by atoms with Crippen molar-refractivity contribution in [2.45, 2.75) is 39.8 Å². The van der Waals surface area contributed by atoms with Crippen molar-refractivity contribution >= 4 is 0 Å². The van der Waals surface area contributed by atoms with Crippen LogP contribution in [0.25, 0.3) is 0 Å². The molecule has 0 spiro atoms. The summed E-state index contributed by atoms with van der Waals surface area (Å²) < 4.78 is 12.8. The molecular formula is C16H27FN2. The molecule has 0 aliphatic rings.